The second-order valence-corrected chi connectivity index (χ2v) is 6.27. The van der Waals surface area contributed by atoms with Crippen LogP contribution in [0.2, 0.25) is 0 Å². The Morgan fingerprint density at radius 1 is 0.680 bits per heavy atom. The number of carboxylic acids is 1. The topological polar surface area (TPSA) is 102 Å². The van der Waals surface area contributed by atoms with Crippen molar-refractivity contribution in [3.05, 3.63) is 0 Å². The Morgan fingerprint density at radius 3 is 1.56 bits per heavy atom. The van der Waals surface area contributed by atoms with E-state index in [9.17, 15) is 4.79 Å². The van der Waals surface area contributed by atoms with Crippen molar-refractivity contribution in [2.75, 3.05) is 39.4 Å². The highest BCUT2D eigenvalue weighted by Crippen LogP contribution is 2.10. The zero-order chi connectivity index (χ0) is 19.0. The summed E-state index contributed by atoms with van der Waals surface area (Å²) >= 11 is 0. The number of aliphatic carboxylic acids is 1. The molecule has 0 saturated carbocycles. The first-order valence-corrected chi connectivity index (χ1v) is 10.0. The third kappa shape index (κ3) is 31.6. The smallest absolute Gasteiger partial charge is 0.304 e. The first-order valence-electron chi connectivity index (χ1n) is 10.0. The fraction of sp³-hybridized carbons (Fsp3) is 0.947. The van der Waals surface area contributed by atoms with Crippen LogP contribution in [0.5, 0.6) is 0 Å². The summed E-state index contributed by atoms with van der Waals surface area (Å²) in [6.45, 7) is 5.24. The third-order valence-electron chi connectivity index (χ3n) is 3.80. The molecule has 0 radical (unpaired) electrons. The van der Waals surface area contributed by atoms with Gasteiger partial charge in [0, 0.05) is 19.6 Å². The molecule has 6 heteroatoms. The van der Waals surface area contributed by atoms with Gasteiger partial charge in [-0.2, -0.15) is 0 Å². The Bertz CT molecular complexity index is 250. The first-order chi connectivity index (χ1) is 12.2. The van der Waals surface area contributed by atoms with Gasteiger partial charge in [0.15, 0.2) is 0 Å². The minimum Gasteiger partial charge on any atom is -0.481 e. The molecule has 0 aliphatic carbocycles. The average Bonchev–Trinajstić information content (AvgIpc) is 2.60. The van der Waals surface area contributed by atoms with E-state index < -0.39 is 5.97 Å². The lowest BCUT2D eigenvalue weighted by Crippen LogP contribution is -2.21. The first kappa shape index (κ1) is 26.5. The molecule has 0 spiro atoms. The lowest BCUT2D eigenvalue weighted by Gasteiger charge is -2.03. The molecule has 0 fully saturated rings. The zero-order valence-electron chi connectivity index (χ0n) is 16.3. The van der Waals surface area contributed by atoms with Gasteiger partial charge in [-0.3, -0.25) is 4.79 Å². The summed E-state index contributed by atoms with van der Waals surface area (Å²) in [6, 6.07) is 0. The second-order valence-electron chi connectivity index (χ2n) is 6.27. The van der Waals surface area contributed by atoms with E-state index >= 15 is 0 Å². The molecule has 0 aromatic rings. The van der Waals surface area contributed by atoms with Crippen LogP contribution in [0.4, 0.5) is 0 Å². The molecule has 152 valence electrons. The fourth-order valence-electron chi connectivity index (χ4n) is 2.34. The third-order valence-corrected chi connectivity index (χ3v) is 3.80. The summed E-state index contributed by atoms with van der Waals surface area (Å²) in [4.78, 5) is 10.3. The van der Waals surface area contributed by atoms with Gasteiger partial charge in [-0.25, -0.2) is 0 Å². The Hall–Kier alpha value is -0.690. The van der Waals surface area contributed by atoms with Crippen molar-refractivity contribution < 1.29 is 20.1 Å². The minimum absolute atomic E-state index is 0.139. The van der Waals surface area contributed by atoms with Gasteiger partial charge in [0.05, 0.1) is 19.6 Å². The van der Waals surface area contributed by atoms with Gasteiger partial charge in [0.2, 0.25) is 0 Å². The SMILES string of the molecule is CCCCCCCCCCCCNCCC(=O)O.OCCNCCO. The monoisotopic (exact) mass is 362 g/mol. The Labute approximate surface area is 154 Å². The predicted octanol–water partition coefficient (Wildman–Crippen LogP) is 2.53. The molecule has 25 heavy (non-hydrogen) atoms. The van der Waals surface area contributed by atoms with Crippen molar-refractivity contribution in [3.63, 3.8) is 0 Å². The van der Waals surface area contributed by atoms with Gasteiger partial charge in [0.1, 0.15) is 0 Å². The number of hydrogen-bond donors (Lipinski definition) is 5. The summed E-state index contributed by atoms with van der Waals surface area (Å²) in [7, 11) is 0. The van der Waals surface area contributed by atoms with Gasteiger partial charge in [0.25, 0.3) is 0 Å². The van der Waals surface area contributed by atoms with E-state index in [1.807, 2.05) is 0 Å². The maximum absolute atomic E-state index is 10.3. The van der Waals surface area contributed by atoms with Crippen LogP contribution in [0.25, 0.3) is 0 Å². The highest BCUT2D eigenvalue weighted by molar-refractivity contribution is 5.66. The summed E-state index contributed by atoms with van der Waals surface area (Å²) in [6.07, 6.45) is 13.7. The van der Waals surface area contributed by atoms with E-state index in [0.717, 1.165) is 6.54 Å². The van der Waals surface area contributed by atoms with E-state index in [2.05, 4.69) is 17.6 Å². The van der Waals surface area contributed by atoms with Crippen molar-refractivity contribution in [1.29, 1.82) is 0 Å². The Balaban J connectivity index is 0. The highest BCUT2D eigenvalue weighted by atomic mass is 16.4. The molecule has 0 aliphatic heterocycles. The molecule has 0 unspecified atom stereocenters. The predicted molar refractivity (Wildman–Crippen MR) is 104 cm³/mol. The van der Waals surface area contributed by atoms with Crippen LogP contribution in [-0.4, -0.2) is 60.7 Å². The number of carboxylic acid groups (broad SMARTS) is 1. The minimum atomic E-state index is -0.717. The van der Waals surface area contributed by atoms with Crippen LogP contribution in [0.3, 0.4) is 0 Å². The quantitative estimate of drug-likeness (QED) is 0.240. The summed E-state index contributed by atoms with van der Waals surface area (Å²) in [5, 5.41) is 30.7. The van der Waals surface area contributed by atoms with Crippen molar-refractivity contribution in [3.8, 4) is 0 Å². The molecule has 0 bridgehead atoms. The number of aliphatic hydroxyl groups is 2. The molecule has 0 aliphatic rings. The van der Waals surface area contributed by atoms with Crippen LogP contribution >= 0.6 is 0 Å². The lowest BCUT2D eigenvalue weighted by molar-refractivity contribution is -0.136. The Kier molecular flexibility index (Phi) is 27.1. The van der Waals surface area contributed by atoms with Gasteiger partial charge in [-0.1, -0.05) is 64.7 Å². The Morgan fingerprint density at radius 2 is 1.12 bits per heavy atom. The van der Waals surface area contributed by atoms with E-state index in [-0.39, 0.29) is 19.6 Å². The number of carbonyl (C=O) groups is 1. The molecule has 0 atom stereocenters. The molecule has 6 nitrogen and oxygen atoms in total. The maximum Gasteiger partial charge on any atom is 0.304 e. The van der Waals surface area contributed by atoms with Crippen molar-refractivity contribution >= 4 is 5.97 Å². The molecule has 0 rings (SSSR count). The van der Waals surface area contributed by atoms with Crippen molar-refractivity contribution in [2.24, 2.45) is 0 Å². The standard InChI is InChI=1S/C15H31NO2.C4H11NO2/c1-2-3-4-5-6-7-8-9-10-11-13-16-14-12-15(17)18;6-3-1-5-2-4-7/h16H,2-14H2,1H3,(H,17,18);5-7H,1-4H2. The molecule has 0 amide bonds. The number of aliphatic hydroxyl groups excluding tert-OH is 2. The van der Waals surface area contributed by atoms with Crippen molar-refractivity contribution in [1.82, 2.24) is 10.6 Å². The normalized spacial score (nSPS) is 10.4. The number of rotatable bonds is 18. The average molecular weight is 363 g/mol. The second kappa shape index (κ2) is 25.5. The molecule has 0 heterocycles. The van der Waals surface area contributed by atoms with Gasteiger partial charge >= 0.3 is 5.97 Å². The van der Waals surface area contributed by atoms with Crippen LogP contribution in [0.1, 0.15) is 77.6 Å². The maximum atomic E-state index is 10.3. The summed E-state index contributed by atoms with van der Waals surface area (Å²) in [5.41, 5.74) is 0. The molecule has 0 aromatic heterocycles. The lowest BCUT2D eigenvalue weighted by atomic mass is 10.1. The van der Waals surface area contributed by atoms with Crippen LogP contribution in [0.15, 0.2) is 0 Å². The van der Waals surface area contributed by atoms with Crippen molar-refractivity contribution in [2.45, 2.75) is 77.6 Å². The van der Waals surface area contributed by atoms with Crippen LogP contribution in [-0.2, 0) is 4.79 Å². The van der Waals surface area contributed by atoms with Gasteiger partial charge < -0.3 is 26.0 Å². The summed E-state index contributed by atoms with van der Waals surface area (Å²) < 4.78 is 0. The van der Waals surface area contributed by atoms with E-state index in [4.69, 9.17) is 15.3 Å². The summed E-state index contributed by atoms with van der Waals surface area (Å²) in [5.74, 6) is -0.717. The van der Waals surface area contributed by atoms with E-state index in [1.54, 1.807) is 0 Å². The van der Waals surface area contributed by atoms with Gasteiger partial charge in [-0.15, -0.1) is 0 Å². The molecule has 0 aromatic carbocycles. The largest absolute Gasteiger partial charge is 0.481 e. The molecule has 0 saturated heterocycles. The van der Waals surface area contributed by atoms with Crippen LogP contribution in [0, 0.1) is 0 Å². The molecular formula is C19H42N2O4. The van der Waals surface area contributed by atoms with E-state index in [0.29, 0.717) is 19.6 Å². The number of nitrogens with one attached hydrogen (secondary N) is 2. The number of unbranched alkanes of at least 4 members (excludes halogenated alkanes) is 9. The van der Waals surface area contributed by atoms with E-state index in [1.165, 1.54) is 64.2 Å². The van der Waals surface area contributed by atoms with Gasteiger partial charge in [-0.05, 0) is 13.0 Å². The fourth-order valence-corrected chi connectivity index (χ4v) is 2.34. The number of hydrogen-bond acceptors (Lipinski definition) is 5. The zero-order valence-corrected chi connectivity index (χ0v) is 16.3. The molecular weight excluding hydrogens is 320 g/mol. The highest BCUT2D eigenvalue weighted by Gasteiger charge is 1.95. The van der Waals surface area contributed by atoms with Crippen LogP contribution < -0.4 is 10.6 Å². The molecule has 5 N–H and O–H groups in total.